The summed E-state index contributed by atoms with van der Waals surface area (Å²) in [4.78, 5) is 5.75. The van der Waals surface area contributed by atoms with Gasteiger partial charge in [-0.3, -0.25) is 4.40 Å². The lowest BCUT2D eigenvalue weighted by Crippen LogP contribution is -2.26. The molecule has 110 valence electrons. The van der Waals surface area contributed by atoms with Crippen LogP contribution in [0.5, 0.6) is 0 Å². The summed E-state index contributed by atoms with van der Waals surface area (Å²) in [5.74, 6) is 0.533. The third-order valence-electron chi connectivity index (χ3n) is 3.53. The zero-order valence-electron chi connectivity index (χ0n) is 13.3. The topological polar surface area (TPSA) is 29.3 Å². The number of aromatic nitrogens is 2. The molecule has 0 saturated carbocycles. The van der Waals surface area contributed by atoms with E-state index in [2.05, 4.69) is 67.7 Å². The van der Waals surface area contributed by atoms with Crippen molar-refractivity contribution in [2.24, 2.45) is 5.92 Å². The van der Waals surface area contributed by atoms with E-state index in [1.54, 1.807) is 11.3 Å². The van der Waals surface area contributed by atoms with E-state index in [9.17, 15) is 0 Å². The SMILES string of the molecule is Cc1nc2scc(C)n2c1C=C(CNC(C)C)C(C)C. The molecule has 0 radical (unpaired) electrons. The van der Waals surface area contributed by atoms with Crippen molar-refractivity contribution in [1.82, 2.24) is 14.7 Å². The molecule has 0 fully saturated rings. The van der Waals surface area contributed by atoms with E-state index in [1.165, 1.54) is 17.0 Å². The van der Waals surface area contributed by atoms with Crippen molar-refractivity contribution in [2.45, 2.75) is 47.6 Å². The largest absolute Gasteiger partial charge is 0.311 e. The molecule has 0 aromatic carbocycles. The molecule has 2 heterocycles. The lowest BCUT2D eigenvalue weighted by atomic mass is 10.0. The molecular weight excluding hydrogens is 266 g/mol. The minimum atomic E-state index is 0.506. The van der Waals surface area contributed by atoms with E-state index in [0.29, 0.717) is 12.0 Å². The van der Waals surface area contributed by atoms with E-state index in [4.69, 9.17) is 0 Å². The van der Waals surface area contributed by atoms with Gasteiger partial charge in [-0.2, -0.15) is 0 Å². The smallest absolute Gasteiger partial charge is 0.194 e. The number of hydrogen-bond acceptors (Lipinski definition) is 3. The number of fused-ring (bicyclic) bond motifs is 1. The third-order valence-corrected chi connectivity index (χ3v) is 4.48. The summed E-state index contributed by atoms with van der Waals surface area (Å²) in [7, 11) is 0. The first kappa shape index (κ1) is 15.3. The van der Waals surface area contributed by atoms with Crippen molar-refractivity contribution >= 4 is 22.4 Å². The lowest BCUT2D eigenvalue weighted by Gasteiger charge is -2.15. The van der Waals surface area contributed by atoms with Crippen molar-refractivity contribution in [1.29, 1.82) is 0 Å². The monoisotopic (exact) mass is 291 g/mol. The van der Waals surface area contributed by atoms with E-state index in [-0.39, 0.29) is 0 Å². The fourth-order valence-electron chi connectivity index (χ4n) is 2.21. The fraction of sp³-hybridized carbons (Fsp3) is 0.562. The number of rotatable bonds is 5. The van der Waals surface area contributed by atoms with Gasteiger partial charge in [0.2, 0.25) is 0 Å². The molecule has 0 amide bonds. The molecule has 2 rings (SSSR count). The average Bonchev–Trinajstić information content (AvgIpc) is 2.85. The second-order valence-corrected chi connectivity index (χ2v) is 6.82. The predicted molar refractivity (Wildman–Crippen MR) is 88.5 cm³/mol. The maximum atomic E-state index is 4.66. The van der Waals surface area contributed by atoms with Crippen LogP contribution in [0, 0.1) is 19.8 Å². The number of thiazole rings is 1. The van der Waals surface area contributed by atoms with Gasteiger partial charge in [0.25, 0.3) is 0 Å². The van der Waals surface area contributed by atoms with Crippen LogP contribution in [0.25, 0.3) is 11.0 Å². The highest BCUT2D eigenvalue weighted by atomic mass is 32.1. The molecule has 3 nitrogen and oxygen atoms in total. The number of hydrogen-bond donors (Lipinski definition) is 1. The van der Waals surface area contributed by atoms with Crippen LogP contribution in [0.15, 0.2) is 11.0 Å². The summed E-state index contributed by atoms with van der Waals surface area (Å²) in [6.07, 6.45) is 2.31. The summed E-state index contributed by atoms with van der Waals surface area (Å²) in [5.41, 5.74) is 5.03. The zero-order valence-corrected chi connectivity index (χ0v) is 14.1. The summed E-state index contributed by atoms with van der Waals surface area (Å²) < 4.78 is 2.26. The summed E-state index contributed by atoms with van der Waals surface area (Å²) in [6, 6.07) is 0.506. The Hall–Kier alpha value is -1.13. The van der Waals surface area contributed by atoms with Gasteiger partial charge in [-0.25, -0.2) is 4.98 Å². The Labute approximate surface area is 125 Å². The van der Waals surface area contributed by atoms with Gasteiger partial charge in [0.05, 0.1) is 11.4 Å². The molecular formula is C16H25N3S. The van der Waals surface area contributed by atoms with E-state index >= 15 is 0 Å². The molecule has 20 heavy (non-hydrogen) atoms. The maximum absolute atomic E-state index is 4.66. The highest BCUT2D eigenvalue weighted by Gasteiger charge is 2.12. The lowest BCUT2D eigenvalue weighted by molar-refractivity contribution is 0.592. The van der Waals surface area contributed by atoms with Crippen LogP contribution in [0.3, 0.4) is 0 Å². The first-order valence-electron chi connectivity index (χ1n) is 7.27. The average molecular weight is 291 g/mol. The molecule has 0 aliphatic carbocycles. The second-order valence-electron chi connectivity index (χ2n) is 5.99. The third kappa shape index (κ3) is 3.13. The fourth-order valence-corrected chi connectivity index (χ4v) is 3.13. The van der Waals surface area contributed by atoms with Crippen molar-refractivity contribution in [3.8, 4) is 0 Å². The molecule has 0 atom stereocenters. The van der Waals surface area contributed by atoms with Gasteiger partial charge >= 0.3 is 0 Å². The van der Waals surface area contributed by atoms with E-state index < -0.39 is 0 Å². The predicted octanol–water partition coefficient (Wildman–Crippen LogP) is 4.05. The normalized spacial score (nSPS) is 13.1. The van der Waals surface area contributed by atoms with Gasteiger partial charge in [-0.05, 0) is 25.8 Å². The van der Waals surface area contributed by atoms with Crippen LogP contribution < -0.4 is 5.32 Å². The quantitative estimate of drug-likeness (QED) is 0.900. The standard InChI is InChI=1S/C16H25N3S/c1-10(2)14(8-17-11(3)4)7-15-13(6)18-16-19(15)12(5)9-20-16/h7,9-11,17H,8H2,1-6H3. The van der Waals surface area contributed by atoms with Crippen molar-refractivity contribution in [3.63, 3.8) is 0 Å². The molecule has 0 spiro atoms. The van der Waals surface area contributed by atoms with Crippen LogP contribution in [0.4, 0.5) is 0 Å². The Morgan fingerprint density at radius 3 is 2.65 bits per heavy atom. The number of nitrogens with zero attached hydrogens (tertiary/aromatic N) is 2. The number of aryl methyl sites for hydroxylation is 2. The molecule has 2 aromatic rings. The molecule has 0 aliphatic heterocycles. The van der Waals surface area contributed by atoms with Crippen LogP contribution in [0.1, 0.15) is 44.8 Å². The van der Waals surface area contributed by atoms with Gasteiger partial charge in [-0.15, -0.1) is 11.3 Å². The molecule has 0 saturated heterocycles. The Kier molecular flexibility index (Phi) is 4.66. The van der Waals surface area contributed by atoms with Gasteiger partial charge < -0.3 is 5.32 Å². The Morgan fingerprint density at radius 2 is 2.05 bits per heavy atom. The second kappa shape index (κ2) is 6.10. The van der Waals surface area contributed by atoms with Crippen molar-refractivity contribution < 1.29 is 0 Å². The van der Waals surface area contributed by atoms with Gasteiger partial charge in [0, 0.05) is 23.7 Å². The van der Waals surface area contributed by atoms with Gasteiger partial charge in [-0.1, -0.05) is 33.3 Å². The van der Waals surface area contributed by atoms with Crippen LogP contribution in [-0.2, 0) is 0 Å². The molecule has 4 heteroatoms. The summed E-state index contributed by atoms with van der Waals surface area (Å²) in [6.45, 7) is 14.0. The van der Waals surface area contributed by atoms with Crippen LogP contribution >= 0.6 is 11.3 Å². The number of imidazole rings is 1. The highest BCUT2D eigenvalue weighted by molar-refractivity contribution is 7.15. The Bertz CT molecular complexity index is 617. The Balaban J connectivity index is 2.42. The minimum Gasteiger partial charge on any atom is -0.311 e. The zero-order chi connectivity index (χ0) is 14.9. The molecule has 2 aromatic heterocycles. The number of nitrogens with one attached hydrogen (secondary N) is 1. The molecule has 1 N–H and O–H groups in total. The van der Waals surface area contributed by atoms with Gasteiger partial charge in [0.15, 0.2) is 4.96 Å². The molecule has 0 aliphatic rings. The first-order chi connectivity index (χ1) is 9.40. The van der Waals surface area contributed by atoms with Crippen molar-refractivity contribution in [2.75, 3.05) is 6.54 Å². The van der Waals surface area contributed by atoms with E-state index in [0.717, 1.165) is 17.2 Å². The van der Waals surface area contributed by atoms with Crippen molar-refractivity contribution in [3.05, 3.63) is 28.0 Å². The minimum absolute atomic E-state index is 0.506. The van der Waals surface area contributed by atoms with Gasteiger partial charge in [0.1, 0.15) is 0 Å². The van der Waals surface area contributed by atoms with E-state index in [1.807, 2.05) is 0 Å². The van der Waals surface area contributed by atoms with Crippen LogP contribution in [-0.4, -0.2) is 22.0 Å². The Morgan fingerprint density at radius 1 is 1.35 bits per heavy atom. The molecule has 0 bridgehead atoms. The van der Waals surface area contributed by atoms with Crippen LogP contribution in [0.2, 0.25) is 0 Å². The molecule has 0 unspecified atom stereocenters. The summed E-state index contributed by atoms with van der Waals surface area (Å²) >= 11 is 1.71. The maximum Gasteiger partial charge on any atom is 0.194 e. The summed E-state index contributed by atoms with van der Waals surface area (Å²) in [5, 5.41) is 5.69. The first-order valence-corrected chi connectivity index (χ1v) is 8.15. The highest BCUT2D eigenvalue weighted by Crippen LogP contribution is 2.23.